The van der Waals surface area contributed by atoms with Gasteiger partial charge in [-0.25, -0.2) is 5.01 Å². The molecule has 82 valence electrons. The van der Waals surface area contributed by atoms with E-state index in [1.807, 2.05) is 7.05 Å². The van der Waals surface area contributed by atoms with Gasteiger partial charge in [-0.15, -0.1) is 0 Å². The molecule has 1 aliphatic rings. The third-order valence-electron chi connectivity index (χ3n) is 2.93. The Balaban J connectivity index is 2.27. The lowest BCUT2D eigenvalue weighted by molar-refractivity contribution is -0.146. The minimum atomic E-state index is -0.0513. The normalized spacial score (nSPS) is 27.7. The maximum Gasteiger partial charge on any atom is 0.308 e. The highest BCUT2D eigenvalue weighted by molar-refractivity contribution is 5.72. The lowest BCUT2D eigenvalue weighted by Crippen LogP contribution is -2.34. The van der Waals surface area contributed by atoms with Crippen molar-refractivity contribution < 1.29 is 9.53 Å². The topological polar surface area (TPSA) is 55.6 Å². The van der Waals surface area contributed by atoms with Gasteiger partial charge in [0.2, 0.25) is 0 Å². The molecule has 0 amide bonds. The van der Waals surface area contributed by atoms with Gasteiger partial charge in [-0.3, -0.25) is 10.6 Å². The van der Waals surface area contributed by atoms with E-state index in [1.54, 1.807) is 5.01 Å². The van der Waals surface area contributed by atoms with E-state index in [9.17, 15) is 4.79 Å². The Kier molecular flexibility index (Phi) is 4.35. The van der Waals surface area contributed by atoms with E-state index in [2.05, 4.69) is 0 Å². The number of rotatable bonds is 3. The quantitative estimate of drug-likeness (QED) is 0.415. The van der Waals surface area contributed by atoms with Crippen LogP contribution < -0.4 is 5.84 Å². The minimum absolute atomic E-state index is 0.0513. The highest BCUT2D eigenvalue weighted by Crippen LogP contribution is 2.29. The smallest absolute Gasteiger partial charge is 0.308 e. The van der Waals surface area contributed by atoms with Crippen LogP contribution >= 0.6 is 0 Å². The van der Waals surface area contributed by atoms with Crippen LogP contribution in [0.2, 0.25) is 0 Å². The molecule has 1 rings (SSSR count). The van der Waals surface area contributed by atoms with Gasteiger partial charge >= 0.3 is 5.97 Å². The first-order valence-electron chi connectivity index (χ1n) is 5.17. The molecule has 14 heavy (non-hydrogen) atoms. The van der Waals surface area contributed by atoms with Crippen LogP contribution in [-0.4, -0.2) is 31.7 Å². The van der Waals surface area contributed by atoms with E-state index in [1.165, 1.54) is 7.11 Å². The highest BCUT2D eigenvalue weighted by atomic mass is 16.5. The molecule has 4 nitrogen and oxygen atoms in total. The van der Waals surface area contributed by atoms with Crippen LogP contribution in [0.5, 0.6) is 0 Å². The van der Waals surface area contributed by atoms with Crippen molar-refractivity contribution in [1.29, 1.82) is 0 Å². The molecule has 0 radical (unpaired) electrons. The van der Waals surface area contributed by atoms with Crippen molar-refractivity contribution in [3.05, 3.63) is 0 Å². The van der Waals surface area contributed by atoms with Crippen molar-refractivity contribution in [2.24, 2.45) is 17.7 Å². The van der Waals surface area contributed by atoms with Gasteiger partial charge in [0, 0.05) is 13.6 Å². The van der Waals surface area contributed by atoms with Crippen LogP contribution in [0.3, 0.4) is 0 Å². The standard InChI is InChI=1S/C10H20N2O2/c1-12(11)7-8-3-5-9(6-4-8)10(13)14-2/h8-9H,3-7,11H2,1-2H3. The summed E-state index contributed by atoms with van der Waals surface area (Å²) in [6.45, 7) is 0.924. The molecule has 1 fully saturated rings. The number of esters is 1. The van der Waals surface area contributed by atoms with Crippen LogP contribution in [0, 0.1) is 11.8 Å². The molecule has 0 unspecified atom stereocenters. The fourth-order valence-corrected chi connectivity index (χ4v) is 2.15. The summed E-state index contributed by atoms with van der Waals surface area (Å²) < 4.78 is 4.73. The molecule has 0 spiro atoms. The number of hydrazine groups is 1. The minimum Gasteiger partial charge on any atom is -0.469 e. The summed E-state index contributed by atoms with van der Waals surface area (Å²) in [4.78, 5) is 11.2. The van der Waals surface area contributed by atoms with Gasteiger partial charge < -0.3 is 4.74 Å². The largest absolute Gasteiger partial charge is 0.469 e. The predicted octanol–water partition coefficient (Wildman–Crippen LogP) is 0.771. The van der Waals surface area contributed by atoms with Gasteiger partial charge in [0.25, 0.3) is 0 Å². The molecule has 0 aromatic rings. The van der Waals surface area contributed by atoms with Crippen molar-refractivity contribution in [1.82, 2.24) is 5.01 Å². The molecule has 1 aliphatic carbocycles. The zero-order valence-electron chi connectivity index (χ0n) is 9.03. The second-order valence-corrected chi connectivity index (χ2v) is 4.18. The number of methoxy groups -OCH3 is 1. The van der Waals surface area contributed by atoms with Crippen molar-refractivity contribution >= 4 is 5.97 Å². The first-order chi connectivity index (χ1) is 6.63. The lowest BCUT2D eigenvalue weighted by Gasteiger charge is -2.28. The summed E-state index contributed by atoms with van der Waals surface area (Å²) in [6, 6.07) is 0. The zero-order valence-corrected chi connectivity index (χ0v) is 9.03. The van der Waals surface area contributed by atoms with Crippen LogP contribution in [0.25, 0.3) is 0 Å². The van der Waals surface area contributed by atoms with E-state index >= 15 is 0 Å². The number of nitrogens with two attached hydrogens (primary N) is 1. The Morgan fingerprint density at radius 2 is 2.00 bits per heavy atom. The first-order valence-corrected chi connectivity index (χ1v) is 5.17. The molecule has 0 saturated heterocycles. The Morgan fingerprint density at radius 1 is 1.43 bits per heavy atom. The molecule has 4 heteroatoms. The summed E-state index contributed by atoms with van der Waals surface area (Å²) in [6.07, 6.45) is 4.07. The second-order valence-electron chi connectivity index (χ2n) is 4.18. The van der Waals surface area contributed by atoms with Crippen LogP contribution in [-0.2, 0) is 9.53 Å². The van der Waals surface area contributed by atoms with Crippen LogP contribution in [0.4, 0.5) is 0 Å². The summed E-state index contributed by atoms with van der Waals surface area (Å²) >= 11 is 0. The molecule has 0 atom stereocenters. The van der Waals surface area contributed by atoms with E-state index in [0.717, 1.165) is 32.2 Å². The van der Waals surface area contributed by atoms with Gasteiger partial charge in [0.1, 0.15) is 0 Å². The maximum atomic E-state index is 11.2. The van der Waals surface area contributed by atoms with E-state index < -0.39 is 0 Å². The summed E-state index contributed by atoms with van der Waals surface area (Å²) in [7, 11) is 3.34. The predicted molar refractivity (Wildman–Crippen MR) is 54.3 cm³/mol. The fourth-order valence-electron chi connectivity index (χ4n) is 2.15. The van der Waals surface area contributed by atoms with Gasteiger partial charge in [0.15, 0.2) is 0 Å². The first kappa shape index (κ1) is 11.5. The SMILES string of the molecule is COC(=O)C1CCC(CN(C)N)CC1. The molecular weight excluding hydrogens is 180 g/mol. The zero-order chi connectivity index (χ0) is 10.6. The van der Waals surface area contributed by atoms with Crippen molar-refractivity contribution in [3.63, 3.8) is 0 Å². The number of carbonyl (C=O) groups excluding carboxylic acids is 1. The van der Waals surface area contributed by atoms with Gasteiger partial charge in [-0.05, 0) is 31.6 Å². The van der Waals surface area contributed by atoms with E-state index in [4.69, 9.17) is 10.6 Å². The second kappa shape index (κ2) is 5.32. The Hall–Kier alpha value is -0.610. The molecule has 0 bridgehead atoms. The average Bonchev–Trinajstić information content (AvgIpc) is 2.17. The molecule has 0 aromatic carbocycles. The number of hydrogen-bond acceptors (Lipinski definition) is 4. The highest BCUT2D eigenvalue weighted by Gasteiger charge is 2.26. The third kappa shape index (κ3) is 3.27. The summed E-state index contributed by atoms with van der Waals surface area (Å²) in [5.41, 5.74) is 0. The Morgan fingerprint density at radius 3 is 2.43 bits per heavy atom. The van der Waals surface area contributed by atoms with Crippen LogP contribution in [0.1, 0.15) is 25.7 Å². The monoisotopic (exact) mass is 200 g/mol. The maximum absolute atomic E-state index is 11.2. The molecule has 0 heterocycles. The van der Waals surface area contributed by atoms with Gasteiger partial charge in [0.05, 0.1) is 13.0 Å². The molecule has 0 aliphatic heterocycles. The fraction of sp³-hybridized carbons (Fsp3) is 0.900. The van der Waals surface area contributed by atoms with Gasteiger partial charge in [-0.1, -0.05) is 0 Å². The summed E-state index contributed by atoms with van der Waals surface area (Å²) in [5.74, 6) is 6.30. The Bertz CT molecular complexity index is 187. The third-order valence-corrected chi connectivity index (χ3v) is 2.93. The molecule has 1 saturated carbocycles. The molecular formula is C10H20N2O2. The Labute approximate surface area is 85.4 Å². The number of hydrogen-bond donors (Lipinski definition) is 1. The molecule has 0 aromatic heterocycles. The van der Waals surface area contributed by atoms with E-state index in [-0.39, 0.29) is 11.9 Å². The van der Waals surface area contributed by atoms with Crippen molar-refractivity contribution in [2.75, 3.05) is 20.7 Å². The summed E-state index contributed by atoms with van der Waals surface area (Å²) in [5, 5.41) is 1.73. The van der Waals surface area contributed by atoms with Crippen molar-refractivity contribution in [2.45, 2.75) is 25.7 Å². The lowest BCUT2D eigenvalue weighted by atomic mass is 9.82. The van der Waals surface area contributed by atoms with Crippen LogP contribution in [0.15, 0.2) is 0 Å². The number of nitrogens with zero attached hydrogens (tertiary/aromatic N) is 1. The van der Waals surface area contributed by atoms with Gasteiger partial charge in [-0.2, -0.15) is 0 Å². The number of carbonyl (C=O) groups is 1. The van der Waals surface area contributed by atoms with Crippen molar-refractivity contribution in [3.8, 4) is 0 Å². The molecule has 2 N–H and O–H groups in total. The van der Waals surface area contributed by atoms with E-state index in [0.29, 0.717) is 5.92 Å². The average molecular weight is 200 g/mol. The number of ether oxygens (including phenoxy) is 1.